The molecule has 1 aromatic carbocycles. The Morgan fingerprint density at radius 3 is 2.74 bits per heavy atom. The highest BCUT2D eigenvalue weighted by molar-refractivity contribution is 5.98. The van der Waals surface area contributed by atoms with Crippen LogP contribution in [0.1, 0.15) is 27.2 Å². The van der Waals surface area contributed by atoms with Crippen molar-refractivity contribution in [1.29, 1.82) is 0 Å². The summed E-state index contributed by atoms with van der Waals surface area (Å²) >= 11 is 0. The highest BCUT2D eigenvalue weighted by Crippen LogP contribution is 2.34. The highest BCUT2D eigenvalue weighted by atomic mass is 19.1. The van der Waals surface area contributed by atoms with Gasteiger partial charge < -0.3 is 14.7 Å². The second-order valence-electron chi connectivity index (χ2n) is 10.4. The van der Waals surface area contributed by atoms with Crippen molar-refractivity contribution in [2.24, 2.45) is 5.41 Å². The Kier molecular flexibility index (Phi) is 5.52. The molecular formula is C28H24FN7O2. The molecular weight excluding hydrogens is 485 g/mol. The Labute approximate surface area is 216 Å². The van der Waals surface area contributed by atoms with Gasteiger partial charge in [0.1, 0.15) is 28.2 Å². The van der Waals surface area contributed by atoms with Gasteiger partial charge in [-0.1, -0.05) is 20.8 Å². The van der Waals surface area contributed by atoms with Gasteiger partial charge in [-0.05, 0) is 41.3 Å². The van der Waals surface area contributed by atoms with Gasteiger partial charge in [0.15, 0.2) is 5.82 Å². The first-order valence-corrected chi connectivity index (χ1v) is 12.1. The van der Waals surface area contributed by atoms with Crippen molar-refractivity contribution in [2.75, 3.05) is 5.32 Å². The highest BCUT2D eigenvalue weighted by Gasteiger charge is 2.20. The van der Waals surface area contributed by atoms with E-state index in [1.807, 2.05) is 39.0 Å². The van der Waals surface area contributed by atoms with E-state index in [2.05, 4.69) is 30.5 Å². The standard InChI is InChI=1S/C28H24FN7O2/c1-28(2,3)11-22(37)32-18-8-17(12-30-13-18)16-9-19-24(20(29)10-16)35-36-25(19)27-33-21-4-6-31-23(26(21)34-27)15-5-7-38-14-15/h4-10,12-14H,11H2,1-3H3,(H,32,37)(H,33,34)(H,35,36). The van der Waals surface area contributed by atoms with Crippen molar-refractivity contribution in [1.82, 2.24) is 30.1 Å². The molecule has 10 heteroatoms. The average Bonchev–Trinajstić information content (AvgIpc) is 3.61. The maximum absolute atomic E-state index is 15.2. The third kappa shape index (κ3) is 4.40. The fourth-order valence-electron chi connectivity index (χ4n) is 4.44. The monoisotopic (exact) mass is 509 g/mol. The molecule has 5 heterocycles. The lowest BCUT2D eigenvalue weighted by molar-refractivity contribution is -0.117. The number of H-pyrrole nitrogens is 2. The van der Waals surface area contributed by atoms with Crippen LogP contribution in [0, 0.1) is 11.2 Å². The number of rotatable bonds is 5. The Morgan fingerprint density at radius 1 is 1.08 bits per heavy atom. The van der Waals surface area contributed by atoms with Gasteiger partial charge in [0.2, 0.25) is 5.91 Å². The van der Waals surface area contributed by atoms with Crippen LogP contribution in [0.25, 0.3) is 55.8 Å². The number of nitrogens with one attached hydrogen (secondary N) is 3. The van der Waals surface area contributed by atoms with Crippen LogP contribution in [0.4, 0.5) is 10.1 Å². The predicted octanol–water partition coefficient (Wildman–Crippen LogP) is 6.34. The first kappa shape index (κ1) is 23.5. The maximum atomic E-state index is 15.2. The van der Waals surface area contributed by atoms with Crippen molar-refractivity contribution >= 4 is 33.5 Å². The first-order valence-electron chi connectivity index (χ1n) is 12.1. The maximum Gasteiger partial charge on any atom is 0.224 e. The molecule has 9 nitrogen and oxygen atoms in total. The molecule has 1 amide bonds. The van der Waals surface area contributed by atoms with Crippen LogP contribution in [0.2, 0.25) is 0 Å². The molecule has 0 bridgehead atoms. The van der Waals surface area contributed by atoms with Gasteiger partial charge in [-0.2, -0.15) is 5.10 Å². The van der Waals surface area contributed by atoms with Crippen molar-refractivity contribution < 1.29 is 13.6 Å². The van der Waals surface area contributed by atoms with E-state index in [0.717, 1.165) is 11.1 Å². The molecule has 0 atom stereocenters. The minimum absolute atomic E-state index is 0.107. The molecule has 190 valence electrons. The van der Waals surface area contributed by atoms with Crippen LogP contribution in [0.5, 0.6) is 0 Å². The normalized spacial score (nSPS) is 11.9. The van der Waals surface area contributed by atoms with E-state index in [1.54, 1.807) is 37.2 Å². The molecule has 5 aromatic heterocycles. The fourth-order valence-corrected chi connectivity index (χ4v) is 4.44. The molecule has 0 aliphatic rings. The number of benzene rings is 1. The zero-order valence-corrected chi connectivity index (χ0v) is 21.0. The van der Waals surface area contributed by atoms with E-state index in [-0.39, 0.29) is 16.8 Å². The summed E-state index contributed by atoms with van der Waals surface area (Å²) in [5.41, 5.74) is 5.27. The van der Waals surface area contributed by atoms with E-state index in [0.29, 0.717) is 51.4 Å². The average molecular weight is 510 g/mol. The summed E-state index contributed by atoms with van der Waals surface area (Å²) in [6.45, 7) is 6.00. The molecule has 0 spiro atoms. The topological polar surface area (TPSA) is 125 Å². The number of fused-ring (bicyclic) bond motifs is 2. The predicted molar refractivity (Wildman–Crippen MR) is 143 cm³/mol. The van der Waals surface area contributed by atoms with Crippen molar-refractivity contribution in [2.45, 2.75) is 27.2 Å². The number of amides is 1. The summed E-state index contributed by atoms with van der Waals surface area (Å²) in [6.07, 6.45) is 8.44. The molecule has 3 N–H and O–H groups in total. The number of aromatic nitrogens is 6. The Morgan fingerprint density at radius 2 is 1.95 bits per heavy atom. The van der Waals surface area contributed by atoms with Crippen LogP contribution >= 0.6 is 0 Å². The third-order valence-corrected chi connectivity index (χ3v) is 6.09. The number of aromatic amines is 2. The number of pyridine rings is 2. The number of halogens is 1. The van der Waals surface area contributed by atoms with Gasteiger partial charge in [0, 0.05) is 35.3 Å². The number of carbonyl (C=O) groups is 1. The number of furan rings is 1. The zero-order valence-electron chi connectivity index (χ0n) is 21.0. The van der Waals surface area contributed by atoms with Crippen molar-refractivity contribution in [3.63, 3.8) is 0 Å². The lowest BCUT2D eigenvalue weighted by atomic mass is 9.92. The van der Waals surface area contributed by atoms with E-state index in [9.17, 15) is 4.79 Å². The molecule has 0 saturated heterocycles. The van der Waals surface area contributed by atoms with Crippen LogP contribution in [-0.4, -0.2) is 36.0 Å². The van der Waals surface area contributed by atoms with Crippen molar-refractivity contribution in [3.05, 3.63) is 67.3 Å². The largest absolute Gasteiger partial charge is 0.472 e. The number of carbonyl (C=O) groups excluding carboxylic acids is 1. The van der Waals surface area contributed by atoms with Crippen LogP contribution in [-0.2, 0) is 4.79 Å². The number of imidazole rings is 1. The van der Waals surface area contributed by atoms with E-state index < -0.39 is 5.82 Å². The molecule has 0 aliphatic heterocycles. The summed E-state index contributed by atoms with van der Waals surface area (Å²) in [7, 11) is 0. The molecule has 38 heavy (non-hydrogen) atoms. The fraction of sp³-hybridized carbons (Fsp3) is 0.179. The van der Waals surface area contributed by atoms with Crippen LogP contribution < -0.4 is 5.32 Å². The van der Waals surface area contributed by atoms with E-state index in [4.69, 9.17) is 9.40 Å². The molecule has 0 radical (unpaired) electrons. The summed E-state index contributed by atoms with van der Waals surface area (Å²) in [5.74, 6) is -0.0958. The van der Waals surface area contributed by atoms with Gasteiger partial charge in [-0.25, -0.2) is 9.37 Å². The Balaban J connectivity index is 1.40. The Bertz CT molecular complexity index is 1800. The quantitative estimate of drug-likeness (QED) is 0.249. The number of nitrogens with zero attached hydrogens (tertiary/aromatic N) is 4. The SMILES string of the molecule is CC(C)(C)CC(=O)Nc1cncc(-c2cc(F)c3[nH]nc(-c4nc5c(-c6ccoc6)nccc5[nH]4)c3c2)c1. The molecule has 6 aromatic rings. The lowest BCUT2D eigenvalue weighted by Gasteiger charge is -2.17. The molecule has 0 fully saturated rings. The summed E-state index contributed by atoms with van der Waals surface area (Å²) in [4.78, 5) is 29.1. The number of hydrogen-bond donors (Lipinski definition) is 3. The van der Waals surface area contributed by atoms with Crippen LogP contribution in [0.3, 0.4) is 0 Å². The molecule has 0 saturated carbocycles. The molecule has 0 unspecified atom stereocenters. The minimum atomic E-state index is -0.463. The van der Waals surface area contributed by atoms with Crippen LogP contribution in [0.15, 0.2) is 65.9 Å². The number of hydrogen-bond acceptors (Lipinski definition) is 6. The summed E-state index contributed by atoms with van der Waals surface area (Å²) in [6, 6.07) is 8.66. The lowest BCUT2D eigenvalue weighted by Crippen LogP contribution is -2.19. The van der Waals surface area contributed by atoms with E-state index >= 15 is 4.39 Å². The van der Waals surface area contributed by atoms with Gasteiger partial charge in [0.25, 0.3) is 0 Å². The van der Waals surface area contributed by atoms with Gasteiger partial charge in [-0.15, -0.1) is 0 Å². The summed E-state index contributed by atoms with van der Waals surface area (Å²) < 4.78 is 20.4. The van der Waals surface area contributed by atoms with Gasteiger partial charge in [0.05, 0.1) is 29.9 Å². The molecule has 6 rings (SSSR count). The second-order valence-corrected chi connectivity index (χ2v) is 10.4. The van der Waals surface area contributed by atoms with Gasteiger partial charge in [-0.3, -0.25) is 19.9 Å². The number of anilines is 1. The third-order valence-electron chi connectivity index (χ3n) is 6.09. The van der Waals surface area contributed by atoms with Gasteiger partial charge >= 0.3 is 0 Å². The second kappa shape index (κ2) is 8.91. The summed E-state index contributed by atoms with van der Waals surface area (Å²) in [5, 5.41) is 10.6. The van der Waals surface area contributed by atoms with Crippen molar-refractivity contribution in [3.8, 4) is 33.9 Å². The smallest absolute Gasteiger partial charge is 0.224 e. The minimum Gasteiger partial charge on any atom is -0.472 e. The first-order chi connectivity index (χ1) is 18.2. The Hall–Kier alpha value is -4.86. The zero-order chi connectivity index (χ0) is 26.4. The molecule has 0 aliphatic carbocycles. The van der Waals surface area contributed by atoms with E-state index in [1.165, 1.54) is 6.07 Å².